The molecule has 5 heteroatoms. The zero-order valence-corrected chi connectivity index (χ0v) is 12.2. The van der Waals surface area contributed by atoms with Crippen LogP contribution >= 0.6 is 15.9 Å². The Labute approximate surface area is 116 Å². The van der Waals surface area contributed by atoms with Crippen molar-refractivity contribution in [1.82, 2.24) is 0 Å². The van der Waals surface area contributed by atoms with Gasteiger partial charge in [0.2, 0.25) is 0 Å². The third-order valence-corrected chi connectivity index (χ3v) is 3.04. The molecule has 0 radical (unpaired) electrons. The largest absolute Gasteiger partial charge is 0.383 e. The molecule has 0 fully saturated rings. The summed E-state index contributed by atoms with van der Waals surface area (Å²) in [6, 6.07) is 7.84. The van der Waals surface area contributed by atoms with E-state index in [2.05, 4.69) is 26.9 Å². The molecule has 0 spiro atoms. The van der Waals surface area contributed by atoms with E-state index in [0.717, 1.165) is 23.2 Å². The van der Waals surface area contributed by atoms with Crippen LogP contribution in [0.2, 0.25) is 0 Å². The number of nitriles is 1. The summed E-state index contributed by atoms with van der Waals surface area (Å²) in [6.45, 7) is 2.68. The Morgan fingerprint density at radius 2 is 1.83 bits per heavy atom. The van der Waals surface area contributed by atoms with Gasteiger partial charge in [0.15, 0.2) is 0 Å². The summed E-state index contributed by atoms with van der Waals surface area (Å²) in [4.78, 5) is 2.09. The lowest BCUT2D eigenvalue weighted by Gasteiger charge is -2.25. The van der Waals surface area contributed by atoms with Gasteiger partial charge >= 0.3 is 0 Å². The average molecular weight is 313 g/mol. The van der Waals surface area contributed by atoms with Gasteiger partial charge in [0.25, 0.3) is 0 Å². The molecule has 0 atom stereocenters. The number of hydrogen-bond donors (Lipinski definition) is 0. The van der Waals surface area contributed by atoms with Crippen molar-refractivity contribution >= 4 is 21.6 Å². The van der Waals surface area contributed by atoms with Crippen LogP contribution in [0, 0.1) is 11.3 Å². The number of halogens is 1. The first-order chi connectivity index (χ1) is 8.72. The van der Waals surface area contributed by atoms with Gasteiger partial charge in [-0.3, -0.25) is 0 Å². The molecule has 0 saturated heterocycles. The smallest absolute Gasteiger partial charge is 0.101 e. The Bertz CT molecular complexity index is 410. The molecule has 0 unspecified atom stereocenters. The molecule has 0 heterocycles. The standard InChI is InChI=1S/C13H17BrN2O2/c1-17-7-5-16(6-8-18-2)13-9-12(14)4-3-11(13)10-15/h3-4,9H,5-8H2,1-2H3. The van der Waals surface area contributed by atoms with Crippen LogP contribution in [-0.4, -0.2) is 40.5 Å². The number of methoxy groups -OCH3 is 2. The van der Waals surface area contributed by atoms with Crippen LogP contribution in [0.5, 0.6) is 0 Å². The van der Waals surface area contributed by atoms with E-state index in [1.54, 1.807) is 14.2 Å². The van der Waals surface area contributed by atoms with E-state index in [1.165, 1.54) is 0 Å². The summed E-state index contributed by atoms with van der Waals surface area (Å²) < 4.78 is 11.2. The minimum absolute atomic E-state index is 0.612. The summed E-state index contributed by atoms with van der Waals surface area (Å²) in [5.74, 6) is 0. The molecule has 4 nitrogen and oxygen atoms in total. The average Bonchev–Trinajstić information content (AvgIpc) is 2.39. The van der Waals surface area contributed by atoms with E-state index in [4.69, 9.17) is 14.7 Å². The van der Waals surface area contributed by atoms with Gasteiger partial charge in [0.1, 0.15) is 6.07 Å². The van der Waals surface area contributed by atoms with Crippen LogP contribution in [0.15, 0.2) is 22.7 Å². The van der Waals surface area contributed by atoms with Gasteiger partial charge in [-0.1, -0.05) is 15.9 Å². The lowest BCUT2D eigenvalue weighted by molar-refractivity contribution is 0.190. The molecule has 0 N–H and O–H groups in total. The first kappa shape index (κ1) is 15.0. The van der Waals surface area contributed by atoms with E-state index in [9.17, 15) is 0 Å². The van der Waals surface area contributed by atoms with Crippen molar-refractivity contribution in [3.05, 3.63) is 28.2 Å². The zero-order chi connectivity index (χ0) is 13.4. The van der Waals surface area contributed by atoms with Crippen molar-refractivity contribution in [3.8, 4) is 6.07 Å². The third-order valence-electron chi connectivity index (χ3n) is 2.55. The number of nitrogens with zero attached hydrogens (tertiary/aromatic N) is 2. The van der Waals surface area contributed by atoms with Crippen molar-refractivity contribution in [2.24, 2.45) is 0 Å². The summed E-state index contributed by atoms with van der Waals surface area (Å²) in [5.41, 5.74) is 1.56. The Hall–Kier alpha value is -1.09. The monoisotopic (exact) mass is 312 g/mol. The van der Waals surface area contributed by atoms with E-state index in [-0.39, 0.29) is 0 Å². The SMILES string of the molecule is COCCN(CCOC)c1cc(Br)ccc1C#N. The molecule has 1 rings (SSSR count). The van der Waals surface area contributed by atoms with Gasteiger partial charge in [-0.15, -0.1) is 0 Å². The second-order valence-electron chi connectivity index (χ2n) is 3.75. The number of ether oxygens (including phenoxy) is 2. The Morgan fingerprint density at radius 1 is 1.22 bits per heavy atom. The molecule has 0 aliphatic rings. The third kappa shape index (κ3) is 4.30. The highest BCUT2D eigenvalue weighted by molar-refractivity contribution is 9.10. The van der Waals surface area contributed by atoms with E-state index in [1.807, 2.05) is 18.2 Å². The van der Waals surface area contributed by atoms with Crippen LogP contribution in [0.3, 0.4) is 0 Å². The summed E-state index contributed by atoms with van der Waals surface area (Å²) in [5, 5.41) is 9.15. The van der Waals surface area contributed by atoms with Gasteiger partial charge in [-0.25, -0.2) is 0 Å². The van der Waals surface area contributed by atoms with Crippen molar-refractivity contribution in [2.75, 3.05) is 45.4 Å². The fourth-order valence-corrected chi connectivity index (χ4v) is 1.97. The fourth-order valence-electron chi connectivity index (χ4n) is 1.62. The van der Waals surface area contributed by atoms with Crippen LogP contribution < -0.4 is 4.90 Å². The quantitative estimate of drug-likeness (QED) is 0.775. The lowest BCUT2D eigenvalue weighted by Crippen LogP contribution is -2.31. The normalized spacial score (nSPS) is 10.1. The summed E-state index contributed by atoms with van der Waals surface area (Å²) in [7, 11) is 3.33. The number of benzene rings is 1. The van der Waals surface area contributed by atoms with E-state index in [0.29, 0.717) is 18.8 Å². The second kappa shape index (κ2) is 8.09. The maximum absolute atomic E-state index is 9.15. The highest BCUT2D eigenvalue weighted by atomic mass is 79.9. The Balaban J connectivity index is 2.95. The topological polar surface area (TPSA) is 45.5 Å². The molecule has 0 aliphatic carbocycles. The van der Waals surface area contributed by atoms with Gasteiger partial charge < -0.3 is 14.4 Å². The van der Waals surface area contributed by atoms with Gasteiger partial charge in [-0.05, 0) is 18.2 Å². The minimum atomic E-state index is 0.612. The summed E-state index contributed by atoms with van der Waals surface area (Å²) >= 11 is 3.43. The molecule has 0 aromatic heterocycles. The predicted octanol–water partition coefficient (Wildman–Crippen LogP) is 2.42. The van der Waals surface area contributed by atoms with E-state index < -0.39 is 0 Å². The number of hydrogen-bond acceptors (Lipinski definition) is 4. The van der Waals surface area contributed by atoms with Crippen LogP contribution in [0.4, 0.5) is 5.69 Å². The number of rotatable bonds is 7. The van der Waals surface area contributed by atoms with Gasteiger partial charge in [-0.2, -0.15) is 5.26 Å². The van der Waals surface area contributed by atoms with Crippen LogP contribution in [0.25, 0.3) is 0 Å². The molecule has 1 aromatic rings. The molecule has 98 valence electrons. The molecule has 0 aliphatic heterocycles. The molecule has 0 saturated carbocycles. The molecule has 0 amide bonds. The van der Waals surface area contributed by atoms with Crippen molar-refractivity contribution in [1.29, 1.82) is 5.26 Å². The Kier molecular flexibility index (Phi) is 6.73. The molecular weight excluding hydrogens is 296 g/mol. The Morgan fingerprint density at radius 3 is 2.33 bits per heavy atom. The maximum atomic E-state index is 9.15. The molecule has 0 bridgehead atoms. The molecular formula is C13H17BrN2O2. The first-order valence-corrected chi connectivity index (χ1v) is 6.44. The molecule has 18 heavy (non-hydrogen) atoms. The highest BCUT2D eigenvalue weighted by Gasteiger charge is 2.11. The van der Waals surface area contributed by atoms with Crippen LogP contribution in [-0.2, 0) is 9.47 Å². The lowest BCUT2D eigenvalue weighted by atomic mass is 10.1. The maximum Gasteiger partial charge on any atom is 0.101 e. The van der Waals surface area contributed by atoms with Crippen molar-refractivity contribution in [2.45, 2.75) is 0 Å². The van der Waals surface area contributed by atoms with E-state index >= 15 is 0 Å². The zero-order valence-electron chi connectivity index (χ0n) is 10.6. The summed E-state index contributed by atoms with van der Waals surface area (Å²) in [6.07, 6.45) is 0. The first-order valence-electron chi connectivity index (χ1n) is 5.65. The van der Waals surface area contributed by atoms with Gasteiger partial charge in [0.05, 0.1) is 24.5 Å². The molecule has 1 aromatic carbocycles. The number of anilines is 1. The fraction of sp³-hybridized carbons (Fsp3) is 0.462. The second-order valence-corrected chi connectivity index (χ2v) is 4.66. The minimum Gasteiger partial charge on any atom is -0.383 e. The van der Waals surface area contributed by atoms with Gasteiger partial charge in [0, 0.05) is 31.8 Å². The van der Waals surface area contributed by atoms with Crippen LogP contribution in [0.1, 0.15) is 5.56 Å². The van der Waals surface area contributed by atoms with Crippen molar-refractivity contribution < 1.29 is 9.47 Å². The predicted molar refractivity (Wildman–Crippen MR) is 74.8 cm³/mol. The van der Waals surface area contributed by atoms with Crippen molar-refractivity contribution in [3.63, 3.8) is 0 Å². The highest BCUT2D eigenvalue weighted by Crippen LogP contribution is 2.24.